The van der Waals surface area contributed by atoms with Crippen molar-refractivity contribution in [1.29, 1.82) is 0 Å². The number of nitrogens with zero attached hydrogens (tertiary/aromatic N) is 3. The van der Waals surface area contributed by atoms with Crippen molar-refractivity contribution in [3.63, 3.8) is 0 Å². The summed E-state index contributed by atoms with van der Waals surface area (Å²) in [7, 11) is -3.63. The van der Waals surface area contributed by atoms with Gasteiger partial charge in [-0.05, 0) is 61.2 Å². The number of aryl methyl sites for hydroxylation is 1. The molecule has 0 spiro atoms. The Labute approximate surface area is 190 Å². The second-order valence-electron chi connectivity index (χ2n) is 8.25. The molecule has 0 atom stereocenters. The second kappa shape index (κ2) is 10.1. The minimum atomic E-state index is -3.63. The van der Waals surface area contributed by atoms with Crippen LogP contribution in [-0.2, 0) is 16.4 Å². The summed E-state index contributed by atoms with van der Waals surface area (Å²) in [6, 6.07) is 18.3. The summed E-state index contributed by atoms with van der Waals surface area (Å²) in [5.74, 6) is 0.921. The van der Waals surface area contributed by atoms with Gasteiger partial charge in [-0.1, -0.05) is 50.5 Å². The molecule has 0 unspecified atom stereocenters. The van der Waals surface area contributed by atoms with Crippen molar-refractivity contribution in [3.05, 3.63) is 66.2 Å². The molecule has 1 aromatic heterocycles. The van der Waals surface area contributed by atoms with Gasteiger partial charge in [-0.15, -0.1) is 10.2 Å². The molecule has 2 heterocycles. The maximum absolute atomic E-state index is 12.7. The topological polar surface area (TPSA) is 75.2 Å². The quantitative estimate of drug-likeness (QED) is 0.530. The molecule has 6 nitrogen and oxygen atoms in total. The first-order valence-corrected chi connectivity index (χ1v) is 12.8. The molecule has 7 heteroatoms. The molecule has 0 saturated carbocycles. The lowest BCUT2D eigenvalue weighted by Gasteiger charge is -2.20. The summed E-state index contributed by atoms with van der Waals surface area (Å²) < 4.78 is 28.1. The molecule has 0 amide bonds. The van der Waals surface area contributed by atoms with E-state index in [-0.39, 0.29) is 4.90 Å². The molecule has 0 bridgehead atoms. The van der Waals surface area contributed by atoms with Crippen LogP contribution in [0.15, 0.2) is 65.6 Å². The van der Waals surface area contributed by atoms with Gasteiger partial charge in [-0.25, -0.2) is 8.42 Å². The van der Waals surface area contributed by atoms with E-state index in [1.165, 1.54) is 25.7 Å². The lowest BCUT2D eigenvalue weighted by molar-refractivity contribution is 0.601. The van der Waals surface area contributed by atoms with Gasteiger partial charge in [-0.2, -0.15) is 0 Å². The highest BCUT2D eigenvalue weighted by Crippen LogP contribution is 2.23. The third kappa shape index (κ3) is 5.46. The number of rotatable bonds is 7. The van der Waals surface area contributed by atoms with E-state index in [0.29, 0.717) is 5.69 Å². The predicted molar refractivity (Wildman–Crippen MR) is 129 cm³/mol. The van der Waals surface area contributed by atoms with Gasteiger partial charge in [0.2, 0.25) is 0 Å². The smallest absolute Gasteiger partial charge is 0.261 e. The van der Waals surface area contributed by atoms with Crippen molar-refractivity contribution in [2.45, 2.75) is 50.3 Å². The zero-order chi connectivity index (χ0) is 22.4. The molecule has 0 aliphatic carbocycles. The van der Waals surface area contributed by atoms with Gasteiger partial charge in [0, 0.05) is 24.3 Å². The molecule has 0 radical (unpaired) electrons. The van der Waals surface area contributed by atoms with E-state index in [2.05, 4.69) is 26.7 Å². The monoisotopic (exact) mass is 450 g/mol. The van der Waals surface area contributed by atoms with Crippen LogP contribution < -0.4 is 9.62 Å². The van der Waals surface area contributed by atoms with E-state index in [1.54, 1.807) is 24.3 Å². The van der Waals surface area contributed by atoms with Gasteiger partial charge in [0.05, 0.1) is 10.6 Å². The van der Waals surface area contributed by atoms with E-state index >= 15 is 0 Å². The summed E-state index contributed by atoms with van der Waals surface area (Å²) in [4.78, 5) is 2.56. The first kappa shape index (κ1) is 22.3. The van der Waals surface area contributed by atoms with E-state index < -0.39 is 10.0 Å². The largest absolute Gasteiger partial charge is 0.355 e. The molecule has 1 fully saturated rings. The summed E-state index contributed by atoms with van der Waals surface area (Å²) in [6.45, 7) is 4.17. The van der Waals surface area contributed by atoms with Crippen LogP contribution in [0.25, 0.3) is 11.3 Å². The average Bonchev–Trinajstić information content (AvgIpc) is 3.10. The van der Waals surface area contributed by atoms with Crippen molar-refractivity contribution in [1.82, 2.24) is 10.2 Å². The third-order valence-electron chi connectivity index (χ3n) is 5.79. The molecule has 2 aromatic carbocycles. The number of hydrogen-bond donors (Lipinski definition) is 1. The Bertz CT molecular complexity index is 1100. The Balaban J connectivity index is 1.43. The standard InChI is InChI=1S/C25H30N4O2S/c1-2-7-20-8-14-23(15-9-20)32(30,31)28-22-12-10-21(11-13-22)24-16-17-25(27-26-24)29-18-5-3-4-6-19-29/h8-17,28H,2-7,18-19H2,1H3. The molecular weight excluding hydrogens is 420 g/mol. The maximum atomic E-state index is 12.7. The number of aromatic nitrogens is 2. The fourth-order valence-corrected chi connectivity index (χ4v) is 5.05. The van der Waals surface area contributed by atoms with E-state index in [4.69, 9.17) is 0 Å². The van der Waals surface area contributed by atoms with E-state index in [1.807, 2.05) is 36.4 Å². The van der Waals surface area contributed by atoms with E-state index in [9.17, 15) is 8.42 Å². The van der Waals surface area contributed by atoms with E-state index in [0.717, 1.165) is 48.6 Å². The number of benzene rings is 2. The lowest BCUT2D eigenvalue weighted by atomic mass is 10.1. The zero-order valence-corrected chi connectivity index (χ0v) is 19.3. The van der Waals surface area contributed by atoms with Gasteiger partial charge in [0.25, 0.3) is 10.0 Å². The number of nitrogens with one attached hydrogen (secondary N) is 1. The molecule has 4 rings (SSSR count). The molecule has 1 aliphatic heterocycles. The molecule has 1 N–H and O–H groups in total. The van der Waals surface area contributed by atoms with Crippen molar-refractivity contribution in [2.24, 2.45) is 0 Å². The Hall–Kier alpha value is -2.93. The Morgan fingerprint density at radius 3 is 2.12 bits per heavy atom. The molecule has 3 aromatic rings. The first-order valence-electron chi connectivity index (χ1n) is 11.4. The predicted octanol–water partition coefficient (Wildman–Crippen LogP) is 5.28. The second-order valence-corrected chi connectivity index (χ2v) is 9.94. The van der Waals surface area contributed by atoms with Crippen LogP contribution >= 0.6 is 0 Å². The molecule has 1 aliphatic rings. The minimum Gasteiger partial charge on any atom is -0.355 e. The van der Waals surface area contributed by atoms with Gasteiger partial charge in [0.1, 0.15) is 0 Å². The highest BCUT2D eigenvalue weighted by atomic mass is 32.2. The van der Waals surface area contributed by atoms with Crippen molar-refractivity contribution in [2.75, 3.05) is 22.7 Å². The summed E-state index contributed by atoms with van der Waals surface area (Å²) >= 11 is 0. The van der Waals surface area contributed by atoms with Gasteiger partial charge in [0.15, 0.2) is 5.82 Å². The Morgan fingerprint density at radius 2 is 1.53 bits per heavy atom. The van der Waals surface area contributed by atoms with Crippen LogP contribution in [-0.4, -0.2) is 31.7 Å². The number of anilines is 2. The summed E-state index contributed by atoms with van der Waals surface area (Å²) in [6.07, 6.45) is 6.93. The van der Waals surface area contributed by atoms with Gasteiger partial charge >= 0.3 is 0 Å². The first-order chi connectivity index (χ1) is 15.5. The highest BCUT2D eigenvalue weighted by molar-refractivity contribution is 7.92. The maximum Gasteiger partial charge on any atom is 0.261 e. The Kier molecular flexibility index (Phi) is 7.05. The summed E-state index contributed by atoms with van der Waals surface area (Å²) in [5, 5.41) is 8.83. The van der Waals surface area contributed by atoms with Crippen LogP contribution in [0.2, 0.25) is 0 Å². The van der Waals surface area contributed by atoms with Gasteiger partial charge in [-0.3, -0.25) is 4.72 Å². The van der Waals surface area contributed by atoms with Crippen molar-refractivity contribution < 1.29 is 8.42 Å². The third-order valence-corrected chi connectivity index (χ3v) is 7.18. The van der Waals surface area contributed by atoms with Crippen LogP contribution in [0.1, 0.15) is 44.6 Å². The minimum absolute atomic E-state index is 0.261. The van der Waals surface area contributed by atoms with Crippen LogP contribution in [0.4, 0.5) is 11.5 Å². The number of sulfonamides is 1. The fourth-order valence-electron chi connectivity index (χ4n) is 3.99. The normalized spacial score (nSPS) is 14.7. The average molecular weight is 451 g/mol. The molecular formula is C25H30N4O2S. The van der Waals surface area contributed by atoms with Crippen LogP contribution in [0.3, 0.4) is 0 Å². The van der Waals surface area contributed by atoms with Crippen molar-refractivity contribution in [3.8, 4) is 11.3 Å². The molecule has 32 heavy (non-hydrogen) atoms. The SMILES string of the molecule is CCCc1ccc(S(=O)(=O)Nc2ccc(-c3ccc(N4CCCCCC4)nn3)cc2)cc1. The Morgan fingerprint density at radius 1 is 0.844 bits per heavy atom. The van der Waals surface area contributed by atoms with Gasteiger partial charge < -0.3 is 4.90 Å². The molecule has 1 saturated heterocycles. The fraction of sp³-hybridized carbons (Fsp3) is 0.360. The lowest BCUT2D eigenvalue weighted by Crippen LogP contribution is -2.25. The van der Waals surface area contributed by atoms with Crippen LogP contribution in [0, 0.1) is 0 Å². The number of hydrogen-bond acceptors (Lipinski definition) is 5. The zero-order valence-electron chi connectivity index (χ0n) is 18.5. The highest BCUT2D eigenvalue weighted by Gasteiger charge is 2.15. The summed E-state index contributed by atoms with van der Waals surface area (Å²) in [5.41, 5.74) is 3.32. The van der Waals surface area contributed by atoms with Crippen LogP contribution in [0.5, 0.6) is 0 Å². The molecule has 168 valence electrons. The van der Waals surface area contributed by atoms with Crippen molar-refractivity contribution >= 4 is 21.5 Å².